The zero-order valence-corrected chi connectivity index (χ0v) is 14.0. The zero-order chi connectivity index (χ0) is 14.8. The average Bonchev–Trinajstić information content (AvgIpc) is 2.38. The van der Waals surface area contributed by atoms with Crippen molar-refractivity contribution in [1.82, 2.24) is 10.6 Å². The number of nitrogens with one attached hydrogen (secondary N) is 2. The number of halogens is 1. The van der Waals surface area contributed by atoms with Gasteiger partial charge in [0.15, 0.2) is 0 Å². The van der Waals surface area contributed by atoms with E-state index < -0.39 is 0 Å². The molecule has 1 aromatic rings. The van der Waals surface area contributed by atoms with Crippen LogP contribution in [0, 0.1) is 5.41 Å². The summed E-state index contributed by atoms with van der Waals surface area (Å²) >= 11 is 3.54. The molecular formula is C16H23BrN2O. The highest BCUT2D eigenvalue weighted by atomic mass is 79.9. The summed E-state index contributed by atoms with van der Waals surface area (Å²) in [6.07, 6.45) is 2.22. The van der Waals surface area contributed by atoms with Crippen molar-refractivity contribution in [3.63, 3.8) is 0 Å². The molecule has 1 aromatic carbocycles. The van der Waals surface area contributed by atoms with Crippen molar-refractivity contribution >= 4 is 21.8 Å². The first kappa shape index (κ1) is 15.5. The predicted octanol–water partition coefficient (Wildman–Crippen LogP) is 3.40. The minimum Gasteiger partial charge on any atom is -0.348 e. The fourth-order valence-electron chi connectivity index (χ4n) is 2.86. The maximum Gasteiger partial charge on any atom is 0.238 e. The van der Waals surface area contributed by atoms with Gasteiger partial charge in [0, 0.05) is 4.47 Å². The molecule has 1 unspecified atom stereocenters. The lowest BCUT2D eigenvalue weighted by Crippen LogP contribution is -2.55. The summed E-state index contributed by atoms with van der Waals surface area (Å²) in [5, 5.41) is 6.49. The topological polar surface area (TPSA) is 41.1 Å². The zero-order valence-electron chi connectivity index (χ0n) is 12.4. The SMILES string of the molecule is C[C@H](NC(=O)C1NCCCC1(C)C)c1ccccc1Br. The van der Waals surface area contributed by atoms with Crippen LogP contribution in [-0.4, -0.2) is 18.5 Å². The molecule has 1 fully saturated rings. The highest BCUT2D eigenvalue weighted by molar-refractivity contribution is 9.10. The summed E-state index contributed by atoms with van der Waals surface area (Å²) in [5.41, 5.74) is 1.12. The molecule has 3 nitrogen and oxygen atoms in total. The van der Waals surface area contributed by atoms with Gasteiger partial charge in [-0.05, 0) is 43.4 Å². The fourth-order valence-corrected chi connectivity index (χ4v) is 3.49. The van der Waals surface area contributed by atoms with Crippen LogP contribution in [0.2, 0.25) is 0 Å². The first-order valence-electron chi connectivity index (χ1n) is 7.20. The van der Waals surface area contributed by atoms with Gasteiger partial charge in [0.1, 0.15) is 0 Å². The first-order chi connectivity index (χ1) is 9.42. The molecule has 1 saturated heterocycles. The summed E-state index contributed by atoms with van der Waals surface area (Å²) in [4.78, 5) is 12.5. The second-order valence-electron chi connectivity index (χ2n) is 6.23. The third kappa shape index (κ3) is 3.41. The first-order valence-corrected chi connectivity index (χ1v) is 7.99. The third-order valence-electron chi connectivity index (χ3n) is 4.12. The fraction of sp³-hybridized carbons (Fsp3) is 0.562. The number of benzene rings is 1. The molecule has 110 valence electrons. The molecule has 2 N–H and O–H groups in total. The molecule has 0 aliphatic carbocycles. The normalized spacial score (nSPS) is 23.1. The van der Waals surface area contributed by atoms with Crippen molar-refractivity contribution in [2.45, 2.75) is 45.7 Å². The minimum atomic E-state index is -0.110. The molecule has 0 bridgehead atoms. The van der Waals surface area contributed by atoms with Gasteiger partial charge in [-0.1, -0.05) is 48.0 Å². The monoisotopic (exact) mass is 338 g/mol. The summed E-state index contributed by atoms with van der Waals surface area (Å²) in [6, 6.07) is 7.90. The number of carbonyl (C=O) groups is 1. The second-order valence-corrected chi connectivity index (χ2v) is 7.09. The Hall–Kier alpha value is -0.870. The van der Waals surface area contributed by atoms with Gasteiger partial charge in [-0.3, -0.25) is 4.79 Å². The standard InChI is InChI=1S/C16H23BrN2O/c1-11(12-7-4-5-8-13(12)17)19-15(20)14-16(2,3)9-6-10-18-14/h4-5,7-8,11,14,18H,6,9-10H2,1-3H3,(H,19,20)/t11-,14?/m0/s1. The van der Waals surface area contributed by atoms with Gasteiger partial charge in [-0.2, -0.15) is 0 Å². The van der Waals surface area contributed by atoms with Gasteiger partial charge < -0.3 is 10.6 Å². The number of amides is 1. The quantitative estimate of drug-likeness (QED) is 0.886. The lowest BCUT2D eigenvalue weighted by molar-refractivity contribution is -0.127. The maximum atomic E-state index is 12.5. The van der Waals surface area contributed by atoms with Crippen LogP contribution < -0.4 is 10.6 Å². The minimum absolute atomic E-state index is 0.00222. The number of piperidine rings is 1. The summed E-state index contributed by atoms with van der Waals surface area (Å²) < 4.78 is 1.03. The van der Waals surface area contributed by atoms with Crippen LogP contribution in [0.15, 0.2) is 28.7 Å². The van der Waals surface area contributed by atoms with E-state index in [1.54, 1.807) is 0 Å². The van der Waals surface area contributed by atoms with E-state index in [9.17, 15) is 4.79 Å². The average molecular weight is 339 g/mol. The predicted molar refractivity (Wildman–Crippen MR) is 85.5 cm³/mol. The number of hydrogen-bond donors (Lipinski definition) is 2. The molecule has 1 aliphatic heterocycles. The van der Waals surface area contributed by atoms with Gasteiger partial charge >= 0.3 is 0 Å². The van der Waals surface area contributed by atoms with Crippen molar-refractivity contribution in [2.75, 3.05) is 6.54 Å². The lowest BCUT2D eigenvalue weighted by atomic mass is 9.77. The van der Waals surface area contributed by atoms with Crippen LogP contribution in [0.3, 0.4) is 0 Å². The van der Waals surface area contributed by atoms with Crippen molar-refractivity contribution in [1.29, 1.82) is 0 Å². The van der Waals surface area contributed by atoms with Gasteiger partial charge in [0.05, 0.1) is 12.1 Å². The molecule has 20 heavy (non-hydrogen) atoms. The van der Waals surface area contributed by atoms with E-state index in [4.69, 9.17) is 0 Å². The molecule has 2 atom stereocenters. The Morgan fingerprint density at radius 3 is 2.80 bits per heavy atom. The molecule has 1 amide bonds. The van der Waals surface area contributed by atoms with Gasteiger partial charge in [-0.25, -0.2) is 0 Å². The Morgan fingerprint density at radius 2 is 2.15 bits per heavy atom. The Bertz CT molecular complexity index is 487. The van der Waals surface area contributed by atoms with Crippen molar-refractivity contribution in [3.05, 3.63) is 34.3 Å². The Balaban J connectivity index is 2.06. The van der Waals surface area contributed by atoms with Gasteiger partial charge in [-0.15, -0.1) is 0 Å². The van der Waals surface area contributed by atoms with E-state index in [0.29, 0.717) is 0 Å². The molecule has 2 rings (SSSR count). The Kier molecular flexibility index (Phi) is 4.86. The molecule has 1 aliphatic rings. The Morgan fingerprint density at radius 1 is 1.45 bits per heavy atom. The van der Waals surface area contributed by atoms with E-state index in [0.717, 1.165) is 29.4 Å². The molecule has 0 spiro atoms. The van der Waals surface area contributed by atoms with E-state index in [-0.39, 0.29) is 23.4 Å². The summed E-state index contributed by atoms with van der Waals surface area (Å²) in [6.45, 7) is 7.26. The summed E-state index contributed by atoms with van der Waals surface area (Å²) in [5.74, 6) is 0.0953. The number of hydrogen-bond acceptors (Lipinski definition) is 2. The summed E-state index contributed by atoms with van der Waals surface area (Å²) in [7, 11) is 0. The van der Waals surface area contributed by atoms with Crippen LogP contribution in [0.25, 0.3) is 0 Å². The van der Waals surface area contributed by atoms with Crippen LogP contribution in [0.4, 0.5) is 0 Å². The van der Waals surface area contributed by atoms with E-state index in [1.807, 2.05) is 31.2 Å². The van der Waals surface area contributed by atoms with E-state index in [1.165, 1.54) is 0 Å². The lowest BCUT2D eigenvalue weighted by Gasteiger charge is -2.38. The van der Waals surface area contributed by atoms with Crippen molar-refractivity contribution < 1.29 is 4.79 Å². The molecule has 0 aromatic heterocycles. The molecule has 1 heterocycles. The van der Waals surface area contributed by atoms with Crippen molar-refractivity contribution in [2.24, 2.45) is 5.41 Å². The third-order valence-corrected chi connectivity index (χ3v) is 4.84. The highest BCUT2D eigenvalue weighted by Gasteiger charge is 2.37. The van der Waals surface area contributed by atoms with Crippen molar-refractivity contribution in [3.8, 4) is 0 Å². The molecule has 0 saturated carbocycles. The van der Waals surface area contributed by atoms with E-state index in [2.05, 4.69) is 40.4 Å². The van der Waals surface area contributed by atoms with Gasteiger partial charge in [0.2, 0.25) is 5.91 Å². The maximum absolute atomic E-state index is 12.5. The second kappa shape index (κ2) is 6.27. The largest absolute Gasteiger partial charge is 0.348 e. The Labute approximate surface area is 129 Å². The molecular weight excluding hydrogens is 316 g/mol. The van der Waals surface area contributed by atoms with Crippen LogP contribution in [0.5, 0.6) is 0 Å². The highest BCUT2D eigenvalue weighted by Crippen LogP contribution is 2.31. The molecule has 4 heteroatoms. The van der Waals surface area contributed by atoms with Crippen LogP contribution in [-0.2, 0) is 4.79 Å². The van der Waals surface area contributed by atoms with Crippen LogP contribution >= 0.6 is 15.9 Å². The molecule has 0 radical (unpaired) electrons. The number of rotatable bonds is 3. The van der Waals surface area contributed by atoms with E-state index >= 15 is 0 Å². The van der Waals surface area contributed by atoms with Crippen LogP contribution in [0.1, 0.15) is 45.2 Å². The number of carbonyl (C=O) groups excluding carboxylic acids is 1. The smallest absolute Gasteiger partial charge is 0.238 e. The van der Waals surface area contributed by atoms with Gasteiger partial charge in [0.25, 0.3) is 0 Å².